The summed E-state index contributed by atoms with van der Waals surface area (Å²) in [6, 6.07) is 16.1. The lowest BCUT2D eigenvalue weighted by Gasteiger charge is -2.28. The van der Waals surface area contributed by atoms with Crippen molar-refractivity contribution in [2.45, 2.75) is 19.3 Å². The molecule has 0 bridgehead atoms. The van der Waals surface area contributed by atoms with E-state index in [0.29, 0.717) is 6.42 Å². The van der Waals surface area contributed by atoms with E-state index in [1.54, 1.807) is 0 Å². The minimum Gasteiger partial charge on any atom is -0.312 e. The third-order valence-corrected chi connectivity index (χ3v) is 4.47. The zero-order chi connectivity index (χ0) is 16.4. The SMILES string of the molecule is O=C1CCCCN1c1ccccc1/C=C/c1n[nH]c2ccccc12. The number of anilines is 1. The molecule has 0 spiro atoms. The number of nitrogens with one attached hydrogen (secondary N) is 1. The van der Waals surface area contributed by atoms with E-state index in [4.69, 9.17) is 0 Å². The van der Waals surface area contributed by atoms with Crippen LogP contribution >= 0.6 is 0 Å². The summed E-state index contributed by atoms with van der Waals surface area (Å²) in [5, 5.41) is 8.52. The van der Waals surface area contributed by atoms with E-state index in [0.717, 1.165) is 47.2 Å². The molecule has 120 valence electrons. The number of hydrogen-bond donors (Lipinski definition) is 1. The van der Waals surface area contributed by atoms with Crippen LogP contribution in [-0.2, 0) is 4.79 Å². The van der Waals surface area contributed by atoms with Crippen molar-refractivity contribution in [3.8, 4) is 0 Å². The highest BCUT2D eigenvalue weighted by Gasteiger charge is 2.20. The van der Waals surface area contributed by atoms with E-state index in [9.17, 15) is 4.79 Å². The lowest BCUT2D eigenvalue weighted by molar-refractivity contribution is -0.119. The van der Waals surface area contributed by atoms with E-state index < -0.39 is 0 Å². The molecule has 2 heterocycles. The summed E-state index contributed by atoms with van der Waals surface area (Å²) >= 11 is 0. The molecule has 4 nitrogen and oxygen atoms in total. The lowest BCUT2D eigenvalue weighted by atomic mass is 10.1. The Morgan fingerprint density at radius 2 is 1.83 bits per heavy atom. The van der Waals surface area contributed by atoms with Gasteiger partial charge in [0.05, 0.1) is 16.9 Å². The second kappa shape index (κ2) is 6.32. The molecular weight excluding hydrogens is 298 g/mol. The molecule has 0 saturated carbocycles. The Labute approximate surface area is 140 Å². The molecular formula is C20H19N3O. The molecule has 0 unspecified atom stereocenters. The number of hydrogen-bond acceptors (Lipinski definition) is 2. The van der Waals surface area contributed by atoms with E-state index in [1.807, 2.05) is 59.5 Å². The monoisotopic (exact) mass is 317 g/mol. The van der Waals surface area contributed by atoms with Gasteiger partial charge in [-0.1, -0.05) is 42.5 Å². The summed E-state index contributed by atoms with van der Waals surface area (Å²) in [5.74, 6) is 0.215. The van der Waals surface area contributed by atoms with Crippen molar-refractivity contribution in [1.82, 2.24) is 10.2 Å². The molecule has 2 aromatic carbocycles. The Morgan fingerprint density at radius 3 is 2.75 bits per heavy atom. The van der Waals surface area contributed by atoms with Gasteiger partial charge < -0.3 is 4.90 Å². The second-order valence-electron chi connectivity index (χ2n) is 6.05. The summed E-state index contributed by atoms with van der Waals surface area (Å²) in [6.07, 6.45) is 6.74. The summed E-state index contributed by atoms with van der Waals surface area (Å²) < 4.78 is 0. The fraction of sp³-hybridized carbons (Fsp3) is 0.200. The Morgan fingerprint density at radius 1 is 1.00 bits per heavy atom. The quantitative estimate of drug-likeness (QED) is 0.785. The molecule has 1 amide bonds. The van der Waals surface area contributed by atoms with Crippen LogP contribution in [0.3, 0.4) is 0 Å². The average Bonchev–Trinajstić information content (AvgIpc) is 3.04. The summed E-state index contributed by atoms with van der Waals surface area (Å²) in [6.45, 7) is 0.801. The normalized spacial score (nSPS) is 15.5. The first-order valence-electron chi connectivity index (χ1n) is 8.33. The van der Waals surface area contributed by atoms with Gasteiger partial charge >= 0.3 is 0 Å². The number of carbonyl (C=O) groups is 1. The molecule has 4 rings (SSSR count). The molecule has 0 radical (unpaired) electrons. The van der Waals surface area contributed by atoms with E-state index in [1.165, 1.54) is 0 Å². The number of fused-ring (bicyclic) bond motifs is 1. The first-order chi connectivity index (χ1) is 11.8. The van der Waals surface area contributed by atoms with Crippen LogP contribution in [0.1, 0.15) is 30.5 Å². The van der Waals surface area contributed by atoms with Crippen LogP contribution in [0.15, 0.2) is 48.5 Å². The van der Waals surface area contributed by atoms with Crippen LogP contribution < -0.4 is 4.90 Å². The smallest absolute Gasteiger partial charge is 0.226 e. The van der Waals surface area contributed by atoms with Gasteiger partial charge in [-0.3, -0.25) is 9.89 Å². The number of H-pyrrole nitrogens is 1. The van der Waals surface area contributed by atoms with Gasteiger partial charge in [0, 0.05) is 18.4 Å². The molecule has 3 aromatic rings. The number of amides is 1. The summed E-state index contributed by atoms with van der Waals surface area (Å²) in [7, 11) is 0. The van der Waals surface area contributed by atoms with Gasteiger partial charge in [-0.25, -0.2) is 0 Å². The molecule has 1 saturated heterocycles. The summed E-state index contributed by atoms with van der Waals surface area (Å²) in [4.78, 5) is 14.1. The highest BCUT2D eigenvalue weighted by Crippen LogP contribution is 2.27. The fourth-order valence-corrected chi connectivity index (χ4v) is 3.22. The number of benzene rings is 2. The first-order valence-corrected chi connectivity index (χ1v) is 8.33. The molecule has 0 aliphatic carbocycles. The van der Waals surface area contributed by atoms with Crippen molar-refractivity contribution in [2.24, 2.45) is 0 Å². The molecule has 24 heavy (non-hydrogen) atoms. The predicted octanol–water partition coefficient (Wildman–Crippen LogP) is 4.25. The van der Waals surface area contributed by atoms with E-state index in [-0.39, 0.29) is 5.91 Å². The van der Waals surface area contributed by atoms with Gasteiger partial charge in [0.25, 0.3) is 0 Å². The van der Waals surface area contributed by atoms with Crippen LogP contribution in [-0.4, -0.2) is 22.6 Å². The van der Waals surface area contributed by atoms with Crippen LogP contribution in [0.2, 0.25) is 0 Å². The van der Waals surface area contributed by atoms with Gasteiger partial charge in [-0.15, -0.1) is 0 Å². The highest BCUT2D eigenvalue weighted by atomic mass is 16.2. The van der Waals surface area contributed by atoms with Gasteiger partial charge in [0.15, 0.2) is 0 Å². The van der Waals surface area contributed by atoms with E-state index in [2.05, 4.69) is 16.3 Å². The van der Waals surface area contributed by atoms with Gasteiger partial charge in [0.2, 0.25) is 5.91 Å². The zero-order valence-corrected chi connectivity index (χ0v) is 13.4. The maximum Gasteiger partial charge on any atom is 0.226 e. The molecule has 1 fully saturated rings. The van der Waals surface area contributed by atoms with Crippen LogP contribution in [0.5, 0.6) is 0 Å². The van der Waals surface area contributed by atoms with Crippen LogP contribution in [0.4, 0.5) is 5.69 Å². The first kappa shape index (κ1) is 14.7. The van der Waals surface area contributed by atoms with Crippen molar-refractivity contribution in [3.05, 3.63) is 59.8 Å². The number of carbonyl (C=O) groups excluding carboxylic acids is 1. The number of nitrogens with zero attached hydrogens (tertiary/aromatic N) is 2. The Balaban J connectivity index is 1.68. The maximum absolute atomic E-state index is 12.2. The molecule has 1 aliphatic heterocycles. The van der Waals surface area contributed by atoms with Crippen LogP contribution in [0, 0.1) is 0 Å². The Hall–Kier alpha value is -2.88. The number of piperidine rings is 1. The van der Waals surface area contributed by atoms with Crippen molar-refractivity contribution in [2.75, 3.05) is 11.4 Å². The molecule has 0 atom stereocenters. The van der Waals surface area contributed by atoms with Gasteiger partial charge in [-0.2, -0.15) is 5.10 Å². The van der Waals surface area contributed by atoms with Crippen LogP contribution in [0.25, 0.3) is 23.1 Å². The topological polar surface area (TPSA) is 49.0 Å². The molecule has 1 aromatic heterocycles. The molecule has 1 aliphatic rings. The fourth-order valence-electron chi connectivity index (χ4n) is 3.22. The standard InChI is InChI=1S/C20H19N3O/c24-20-11-5-6-14-23(20)19-10-4-1-7-15(19)12-13-18-16-8-2-3-9-17(16)21-22-18/h1-4,7-10,12-13H,5-6,11,14H2,(H,21,22)/b13-12+. The van der Waals surface area contributed by atoms with Gasteiger partial charge in [-0.05, 0) is 36.6 Å². The average molecular weight is 317 g/mol. The largest absolute Gasteiger partial charge is 0.312 e. The summed E-state index contributed by atoms with van der Waals surface area (Å²) in [5.41, 5.74) is 3.96. The second-order valence-corrected chi connectivity index (χ2v) is 6.05. The van der Waals surface area contributed by atoms with Crippen molar-refractivity contribution in [1.29, 1.82) is 0 Å². The minimum absolute atomic E-state index is 0.215. The predicted molar refractivity (Wildman–Crippen MR) is 97.7 cm³/mol. The zero-order valence-electron chi connectivity index (χ0n) is 13.4. The molecule has 1 N–H and O–H groups in total. The van der Waals surface area contributed by atoms with Crippen molar-refractivity contribution < 1.29 is 4.79 Å². The minimum atomic E-state index is 0.215. The third-order valence-electron chi connectivity index (χ3n) is 4.47. The van der Waals surface area contributed by atoms with E-state index >= 15 is 0 Å². The third kappa shape index (κ3) is 2.71. The maximum atomic E-state index is 12.2. The number of aromatic nitrogens is 2. The van der Waals surface area contributed by atoms with Crippen molar-refractivity contribution in [3.63, 3.8) is 0 Å². The molecule has 4 heteroatoms. The van der Waals surface area contributed by atoms with Gasteiger partial charge in [0.1, 0.15) is 0 Å². The van der Waals surface area contributed by atoms with Crippen molar-refractivity contribution >= 4 is 34.6 Å². The Bertz CT molecular complexity index is 910. The number of aromatic amines is 1. The Kier molecular flexibility index (Phi) is 3.87. The number of para-hydroxylation sites is 2. The highest BCUT2D eigenvalue weighted by molar-refractivity contribution is 5.97. The number of rotatable bonds is 3. The lowest BCUT2D eigenvalue weighted by Crippen LogP contribution is -2.35.